The smallest absolute Gasteiger partial charge is 0.231 e. The molecule has 0 amide bonds. The fourth-order valence-electron chi connectivity index (χ4n) is 3.77. The van der Waals surface area contributed by atoms with Crippen molar-refractivity contribution in [2.24, 2.45) is 5.16 Å². The van der Waals surface area contributed by atoms with Crippen molar-refractivity contribution in [3.05, 3.63) is 71.3 Å². The molecule has 2 unspecified atom stereocenters. The number of aliphatic hydroxyl groups excluding tert-OH is 1. The van der Waals surface area contributed by atoms with Gasteiger partial charge in [-0.1, -0.05) is 41.0 Å². The van der Waals surface area contributed by atoms with E-state index in [2.05, 4.69) is 16.6 Å². The van der Waals surface area contributed by atoms with Crippen LogP contribution in [0.3, 0.4) is 0 Å². The largest absolute Gasteiger partial charge is 0.454 e. The summed E-state index contributed by atoms with van der Waals surface area (Å²) in [4.78, 5) is 7.85. The fourth-order valence-corrected chi connectivity index (χ4v) is 3.97. The van der Waals surface area contributed by atoms with Crippen LogP contribution < -0.4 is 9.47 Å². The molecule has 2 aliphatic heterocycles. The highest BCUT2D eigenvalue weighted by atomic mass is 35.5. The maximum Gasteiger partial charge on any atom is 0.231 e. The lowest BCUT2D eigenvalue weighted by atomic mass is 10.0. The predicted molar refractivity (Wildman–Crippen MR) is 122 cm³/mol. The minimum atomic E-state index is -0.645. The number of ether oxygens (including phenoxy) is 3. The molecule has 170 valence electrons. The van der Waals surface area contributed by atoms with Crippen LogP contribution in [-0.4, -0.2) is 61.0 Å². The molecule has 0 aromatic heterocycles. The van der Waals surface area contributed by atoms with Gasteiger partial charge in [-0.3, -0.25) is 4.90 Å². The third-order valence-corrected chi connectivity index (χ3v) is 5.64. The molecular formula is C24H27ClN2O5. The lowest BCUT2D eigenvalue weighted by Gasteiger charge is -2.27. The van der Waals surface area contributed by atoms with Crippen molar-refractivity contribution in [2.45, 2.75) is 25.2 Å². The molecule has 0 fully saturated rings. The van der Waals surface area contributed by atoms with Gasteiger partial charge in [0.25, 0.3) is 0 Å². The van der Waals surface area contributed by atoms with Crippen LogP contribution >= 0.6 is 11.6 Å². The number of benzene rings is 2. The van der Waals surface area contributed by atoms with E-state index in [9.17, 15) is 5.11 Å². The van der Waals surface area contributed by atoms with Crippen LogP contribution in [0.25, 0.3) is 0 Å². The molecular weight excluding hydrogens is 432 g/mol. The van der Waals surface area contributed by atoms with Crippen molar-refractivity contribution in [3.63, 3.8) is 0 Å². The van der Waals surface area contributed by atoms with Gasteiger partial charge in [0.1, 0.15) is 6.10 Å². The number of fused-ring (bicyclic) bond motifs is 1. The summed E-state index contributed by atoms with van der Waals surface area (Å²) in [6, 6.07) is 13.5. The van der Waals surface area contributed by atoms with E-state index in [1.54, 1.807) is 6.08 Å². The first-order chi connectivity index (χ1) is 15.6. The van der Waals surface area contributed by atoms with Crippen LogP contribution in [0.15, 0.2) is 60.3 Å². The van der Waals surface area contributed by atoms with Gasteiger partial charge in [0, 0.05) is 36.6 Å². The number of aliphatic hydroxyl groups is 1. The van der Waals surface area contributed by atoms with Crippen molar-refractivity contribution in [1.82, 2.24) is 4.90 Å². The molecule has 0 saturated carbocycles. The minimum Gasteiger partial charge on any atom is -0.454 e. The van der Waals surface area contributed by atoms with Gasteiger partial charge >= 0.3 is 0 Å². The standard InChI is InChI=1S/C24H27ClN2O5/c1-2-9-29-15-19(28)13-27(12-18-5-3-4-6-21(18)25)14-20-11-22(26-32-20)17-7-8-23-24(10-17)31-16-30-23/h2-8,10,19-20,28H,1,9,11-16H2. The highest BCUT2D eigenvalue weighted by molar-refractivity contribution is 6.31. The number of oxime groups is 1. The second kappa shape index (κ2) is 10.8. The van der Waals surface area contributed by atoms with E-state index in [-0.39, 0.29) is 19.5 Å². The first-order valence-corrected chi connectivity index (χ1v) is 11.0. The monoisotopic (exact) mass is 458 g/mol. The van der Waals surface area contributed by atoms with E-state index < -0.39 is 6.10 Å². The molecule has 0 bridgehead atoms. The van der Waals surface area contributed by atoms with Crippen molar-refractivity contribution in [3.8, 4) is 11.5 Å². The Kier molecular flexibility index (Phi) is 7.65. The van der Waals surface area contributed by atoms with Gasteiger partial charge in [-0.05, 0) is 29.8 Å². The zero-order valence-electron chi connectivity index (χ0n) is 17.8. The molecule has 4 rings (SSSR count). The zero-order valence-corrected chi connectivity index (χ0v) is 18.5. The number of hydrogen-bond acceptors (Lipinski definition) is 7. The maximum atomic E-state index is 10.5. The molecule has 0 radical (unpaired) electrons. The van der Waals surface area contributed by atoms with Crippen molar-refractivity contribution >= 4 is 17.3 Å². The Hall–Kier alpha value is -2.58. The third kappa shape index (κ3) is 5.81. The van der Waals surface area contributed by atoms with Gasteiger partial charge in [0.05, 0.1) is 25.0 Å². The van der Waals surface area contributed by atoms with Crippen LogP contribution in [-0.2, 0) is 16.1 Å². The van der Waals surface area contributed by atoms with E-state index in [0.29, 0.717) is 37.7 Å². The normalized spacial score (nSPS) is 17.8. The maximum absolute atomic E-state index is 10.5. The summed E-state index contributed by atoms with van der Waals surface area (Å²) in [7, 11) is 0. The summed E-state index contributed by atoms with van der Waals surface area (Å²) in [5.74, 6) is 1.46. The Labute approximate surface area is 192 Å². The summed E-state index contributed by atoms with van der Waals surface area (Å²) in [6.07, 6.45) is 1.53. The van der Waals surface area contributed by atoms with Crippen LogP contribution in [0.1, 0.15) is 17.5 Å². The molecule has 0 aliphatic carbocycles. The topological polar surface area (TPSA) is 72.8 Å². The molecule has 2 heterocycles. The van der Waals surface area contributed by atoms with E-state index in [0.717, 1.165) is 28.3 Å². The summed E-state index contributed by atoms with van der Waals surface area (Å²) in [6.45, 7) is 6.08. The average Bonchev–Trinajstić information content (AvgIpc) is 3.44. The number of halogens is 1. The van der Waals surface area contributed by atoms with E-state index in [1.807, 2.05) is 42.5 Å². The Morgan fingerprint density at radius 2 is 2.09 bits per heavy atom. The van der Waals surface area contributed by atoms with Crippen LogP contribution in [0.5, 0.6) is 11.5 Å². The van der Waals surface area contributed by atoms with Crippen LogP contribution in [0.2, 0.25) is 5.02 Å². The highest BCUT2D eigenvalue weighted by Gasteiger charge is 2.27. The molecule has 7 nitrogen and oxygen atoms in total. The van der Waals surface area contributed by atoms with Gasteiger partial charge in [0.2, 0.25) is 6.79 Å². The SMILES string of the molecule is C=CCOCC(O)CN(Cc1ccccc1Cl)CC1CC(c2ccc3c(c2)OCO3)=NO1. The van der Waals surface area contributed by atoms with E-state index in [1.165, 1.54) is 0 Å². The molecule has 2 atom stereocenters. The first-order valence-electron chi connectivity index (χ1n) is 10.6. The summed E-state index contributed by atoms with van der Waals surface area (Å²) >= 11 is 6.37. The number of nitrogens with zero attached hydrogens (tertiary/aromatic N) is 2. The van der Waals surface area contributed by atoms with Crippen LogP contribution in [0.4, 0.5) is 0 Å². The lowest BCUT2D eigenvalue weighted by molar-refractivity contribution is 0.00337. The fraction of sp³-hybridized carbons (Fsp3) is 0.375. The summed E-state index contributed by atoms with van der Waals surface area (Å²) in [5.41, 5.74) is 2.80. The van der Waals surface area contributed by atoms with Crippen molar-refractivity contribution in [1.29, 1.82) is 0 Å². The van der Waals surface area contributed by atoms with Crippen molar-refractivity contribution < 1.29 is 24.2 Å². The van der Waals surface area contributed by atoms with Gasteiger partial charge in [0.15, 0.2) is 11.5 Å². The third-order valence-electron chi connectivity index (χ3n) is 5.27. The number of hydrogen-bond donors (Lipinski definition) is 1. The van der Waals surface area contributed by atoms with Gasteiger partial charge in [-0.25, -0.2) is 0 Å². The lowest BCUT2D eigenvalue weighted by Crippen LogP contribution is -2.39. The Balaban J connectivity index is 1.39. The molecule has 2 aliphatic rings. The quantitative estimate of drug-likeness (QED) is 0.409. The molecule has 1 N–H and O–H groups in total. The molecule has 0 saturated heterocycles. The number of rotatable bonds is 11. The molecule has 2 aromatic rings. The highest BCUT2D eigenvalue weighted by Crippen LogP contribution is 2.33. The van der Waals surface area contributed by atoms with E-state index in [4.69, 9.17) is 30.6 Å². The van der Waals surface area contributed by atoms with Crippen molar-refractivity contribution in [2.75, 3.05) is 33.1 Å². The van der Waals surface area contributed by atoms with Gasteiger partial charge < -0.3 is 24.2 Å². The molecule has 0 spiro atoms. The molecule has 2 aromatic carbocycles. The Morgan fingerprint density at radius 1 is 1.25 bits per heavy atom. The zero-order chi connectivity index (χ0) is 22.3. The first kappa shape index (κ1) is 22.6. The second-order valence-corrected chi connectivity index (χ2v) is 8.21. The predicted octanol–water partition coefficient (Wildman–Crippen LogP) is 3.63. The van der Waals surface area contributed by atoms with Gasteiger partial charge in [-0.15, -0.1) is 6.58 Å². The van der Waals surface area contributed by atoms with Crippen LogP contribution in [0, 0.1) is 0 Å². The Bertz CT molecular complexity index is 967. The Morgan fingerprint density at radius 3 is 2.94 bits per heavy atom. The van der Waals surface area contributed by atoms with E-state index >= 15 is 0 Å². The second-order valence-electron chi connectivity index (χ2n) is 7.80. The van der Waals surface area contributed by atoms with Gasteiger partial charge in [-0.2, -0.15) is 0 Å². The molecule has 8 heteroatoms. The molecule has 32 heavy (non-hydrogen) atoms. The summed E-state index contributed by atoms with van der Waals surface area (Å²) in [5, 5.41) is 15.5. The average molecular weight is 459 g/mol. The minimum absolute atomic E-state index is 0.140. The summed E-state index contributed by atoms with van der Waals surface area (Å²) < 4.78 is 16.2.